The lowest BCUT2D eigenvalue weighted by Crippen LogP contribution is -2.49. The molecule has 0 amide bonds. The van der Waals surface area contributed by atoms with Crippen molar-refractivity contribution in [2.24, 2.45) is 11.8 Å². The molecule has 9 heteroatoms. The van der Waals surface area contributed by atoms with Gasteiger partial charge in [-0.2, -0.15) is 8.78 Å². The number of carboxylic acid groups (broad SMARTS) is 1. The molecule has 1 N–H and O–H groups in total. The summed E-state index contributed by atoms with van der Waals surface area (Å²) in [5, 5.41) is 10.1. The molecule has 2 unspecified atom stereocenters. The summed E-state index contributed by atoms with van der Waals surface area (Å²) in [5.41, 5.74) is 1.35. The Morgan fingerprint density at radius 3 is 2.59 bits per heavy atom. The standard InChI is InChI=1S/C28H31ClF3NO4/c1-16(26(34)35)23(17-2-3-17)21-6-4-18-8-9-28(37-25(18)24(21)30)10-12-33(13-11-28)15-19-14-20(29)5-7-22(19)36-27(31)32/h4-7,14,16-17,23,27H,2-3,8-13,15H2,1H3,(H,34,35). The van der Waals surface area contributed by atoms with Crippen molar-refractivity contribution in [1.82, 2.24) is 4.90 Å². The molecule has 5 nitrogen and oxygen atoms in total. The second kappa shape index (κ2) is 10.4. The molecule has 5 rings (SSSR count). The van der Waals surface area contributed by atoms with Crippen LogP contribution in [0, 0.1) is 17.7 Å². The molecule has 2 aromatic rings. The fourth-order valence-electron chi connectivity index (χ4n) is 5.94. The zero-order chi connectivity index (χ0) is 26.3. The van der Waals surface area contributed by atoms with Gasteiger partial charge in [0.25, 0.3) is 0 Å². The Labute approximate surface area is 219 Å². The van der Waals surface area contributed by atoms with E-state index in [1.807, 2.05) is 6.07 Å². The Morgan fingerprint density at radius 1 is 1.22 bits per heavy atom. The second-order valence-corrected chi connectivity index (χ2v) is 11.1. The van der Waals surface area contributed by atoms with Crippen molar-refractivity contribution in [1.29, 1.82) is 0 Å². The smallest absolute Gasteiger partial charge is 0.387 e. The molecule has 0 aromatic heterocycles. The molecule has 2 fully saturated rings. The van der Waals surface area contributed by atoms with Gasteiger partial charge in [0.2, 0.25) is 0 Å². The summed E-state index contributed by atoms with van der Waals surface area (Å²) in [6, 6.07) is 8.27. The van der Waals surface area contributed by atoms with Crippen molar-refractivity contribution in [2.75, 3.05) is 13.1 Å². The first-order chi connectivity index (χ1) is 17.7. The zero-order valence-corrected chi connectivity index (χ0v) is 21.4. The molecule has 2 aromatic carbocycles. The first kappa shape index (κ1) is 26.2. The Bertz CT molecular complexity index is 1160. The number of rotatable bonds is 8. The van der Waals surface area contributed by atoms with Gasteiger partial charge >= 0.3 is 12.6 Å². The van der Waals surface area contributed by atoms with Gasteiger partial charge in [0.1, 0.15) is 11.4 Å². The van der Waals surface area contributed by atoms with Crippen molar-refractivity contribution in [2.45, 2.75) is 70.1 Å². The van der Waals surface area contributed by atoms with Crippen LogP contribution in [-0.2, 0) is 17.8 Å². The minimum Gasteiger partial charge on any atom is -0.484 e. The number of aliphatic carboxylic acids is 1. The van der Waals surface area contributed by atoms with Crippen LogP contribution in [0.3, 0.4) is 0 Å². The topological polar surface area (TPSA) is 59.0 Å². The van der Waals surface area contributed by atoms with E-state index in [4.69, 9.17) is 16.3 Å². The number of benzene rings is 2. The molecular formula is C28H31ClF3NO4. The van der Waals surface area contributed by atoms with Crippen molar-refractivity contribution >= 4 is 17.6 Å². The summed E-state index contributed by atoms with van der Waals surface area (Å²) in [5.74, 6) is -1.82. The predicted octanol–water partition coefficient (Wildman–Crippen LogP) is 6.65. The summed E-state index contributed by atoms with van der Waals surface area (Å²) in [6.07, 6.45) is 4.61. The maximum atomic E-state index is 15.9. The van der Waals surface area contributed by atoms with E-state index in [-0.39, 0.29) is 23.3 Å². The summed E-state index contributed by atoms with van der Waals surface area (Å²) in [6.45, 7) is 0.443. The first-order valence-corrected chi connectivity index (χ1v) is 13.2. The third-order valence-corrected chi connectivity index (χ3v) is 8.43. The van der Waals surface area contributed by atoms with Gasteiger partial charge in [0.05, 0.1) is 5.92 Å². The van der Waals surface area contributed by atoms with E-state index >= 15 is 4.39 Å². The Balaban J connectivity index is 1.30. The van der Waals surface area contributed by atoms with Crippen LogP contribution in [0.15, 0.2) is 30.3 Å². The van der Waals surface area contributed by atoms with E-state index in [1.165, 1.54) is 12.1 Å². The Hall–Kier alpha value is -2.45. The fraction of sp³-hybridized carbons (Fsp3) is 0.536. The van der Waals surface area contributed by atoms with Crippen molar-refractivity contribution in [3.8, 4) is 11.5 Å². The fourth-order valence-corrected chi connectivity index (χ4v) is 6.14. The minimum absolute atomic E-state index is 0.109. The molecule has 1 saturated heterocycles. The maximum Gasteiger partial charge on any atom is 0.387 e. The Kier molecular flexibility index (Phi) is 7.33. The number of nitrogens with zero attached hydrogens (tertiary/aromatic N) is 1. The molecule has 1 aliphatic carbocycles. The molecule has 1 spiro atoms. The van der Waals surface area contributed by atoms with Crippen LogP contribution in [-0.4, -0.2) is 41.3 Å². The third-order valence-electron chi connectivity index (χ3n) is 8.19. The number of likely N-dealkylation sites (tertiary alicyclic amines) is 1. The highest BCUT2D eigenvalue weighted by atomic mass is 35.5. The van der Waals surface area contributed by atoms with Gasteiger partial charge in [-0.05, 0) is 73.8 Å². The highest BCUT2D eigenvalue weighted by Crippen LogP contribution is 2.50. The zero-order valence-electron chi connectivity index (χ0n) is 20.7. The summed E-state index contributed by atoms with van der Waals surface area (Å²) in [4.78, 5) is 13.9. The number of aryl methyl sites for hydroxylation is 1. The monoisotopic (exact) mass is 537 g/mol. The molecule has 0 radical (unpaired) electrons. The lowest BCUT2D eigenvalue weighted by atomic mass is 9.80. The van der Waals surface area contributed by atoms with Gasteiger partial charge in [-0.15, -0.1) is 0 Å². The third kappa shape index (κ3) is 5.55. The van der Waals surface area contributed by atoms with Crippen LogP contribution in [0.4, 0.5) is 13.2 Å². The highest BCUT2D eigenvalue weighted by Gasteiger charge is 2.44. The minimum atomic E-state index is -2.92. The van der Waals surface area contributed by atoms with E-state index < -0.39 is 29.9 Å². The van der Waals surface area contributed by atoms with Crippen LogP contribution in [0.2, 0.25) is 5.02 Å². The van der Waals surface area contributed by atoms with E-state index in [2.05, 4.69) is 9.64 Å². The van der Waals surface area contributed by atoms with Crippen LogP contribution in [0.1, 0.15) is 61.6 Å². The lowest BCUT2D eigenvalue weighted by molar-refractivity contribution is -0.142. The van der Waals surface area contributed by atoms with Crippen molar-refractivity contribution in [3.63, 3.8) is 0 Å². The van der Waals surface area contributed by atoms with Crippen molar-refractivity contribution in [3.05, 3.63) is 57.9 Å². The van der Waals surface area contributed by atoms with Gasteiger partial charge in [0.15, 0.2) is 11.6 Å². The van der Waals surface area contributed by atoms with E-state index in [1.54, 1.807) is 19.1 Å². The lowest BCUT2D eigenvalue weighted by Gasteiger charge is -2.45. The second-order valence-electron chi connectivity index (χ2n) is 10.6. The molecule has 2 aliphatic heterocycles. The number of hydrogen-bond acceptors (Lipinski definition) is 4. The number of alkyl halides is 2. The SMILES string of the molecule is CC(C(=O)O)C(c1ccc2c(c1F)OC1(CC2)CCN(Cc2cc(Cl)ccc2OC(F)F)CC1)C1CC1. The van der Waals surface area contributed by atoms with E-state index in [9.17, 15) is 18.7 Å². The molecular weight excluding hydrogens is 507 g/mol. The van der Waals surface area contributed by atoms with E-state index in [0.717, 1.165) is 24.8 Å². The highest BCUT2D eigenvalue weighted by molar-refractivity contribution is 6.30. The number of carbonyl (C=O) groups is 1. The van der Waals surface area contributed by atoms with Gasteiger partial charge in [-0.25, -0.2) is 4.39 Å². The van der Waals surface area contributed by atoms with Gasteiger partial charge in [-0.3, -0.25) is 9.69 Å². The van der Waals surface area contributed by atoms with Gasteiger partial charge in [-0.1, -0.05) is 30.7 Å². The molecule has 0 bridgehead atoms. The Morgan fingerprint density at radius 2 is 1.95 bits per heavy atom. The number of piperidine rings is 1. The van der Waals surface area contributed by atoms with Crippen LogP contribution in [0.5, 0.6) is 11.5 Å². The normalized spacial score (nSPS) is 20.8. The van der Waals surface area contributed by atoms with Gasteiger partial charge < -0.3 is 14.6 Å². The summed E-state index contributed by atoms with van der Waals surface area (Å²) < 4.78 is 52.6. The van der Waals surface area contributed by atoms with Crippen LogP contribution < -0.4 is 9.47 Å². The molecule has 2 atom stereocenters. The summed E-state index contributed by atoms with van der Waals surface area (Å²) in [7, 11) is 0. The largest absolute Gasteiger partial charge is 0.484 e. The quantitative estimate of drug-likeness (QED) is 0.408. The molecule has 3 aliphatic rings. The number of hydrogen-bond donors (Lipinski definition) is 1. The number of ether oxygens (including phenoxy) is 2. The molecule has 2 heterocycles. The maximum absolute atomic E-state index is 15.9. The number of fused-ring (bicyclic) bond motifs is 1. The number of halogens is 4. The van der Waals surface area contributed by atoms with Crippen LogP contribution in [0.25, 0.3) is 0 Å². The average molecular weight is 538 g/mol. The average Bonchev–Trinajstić information content (AvgIpc) is 3.69. The first-order valence-electron chi connectivity index (χ1n) is 12.8. The molecule has 37 heavy (non-hydrogen) atoms. The van der Waals surface area contributed by atoms with Gasteiger partial charge in [0, 0.05) is 36.1 Å². The predicted molar refractivity (Wildman–Crippen MR) is 133 cm³/mol. The number of carboxylic acids is 1. The van der Waals surface area contributed by atoms with Crippen LogP contribution >= 0.6 is 11.6 Å². The molecule has 200 valence electrons. The molecule has 1 saturated carbocycles. The summed E-state index contributed by atoms with van der Waals surface area (Å²) >= 11 is 6.10. The van der Waals surface area contributed by atoms with E-state index in [0.29, 0.717) is 55.0 Å². The van der Waals surface area contributed by atoms with Crippen molar-refractivity contribution < 1.29 is 32.5 Å².